The Morgan fingerprint density at radius 2 is 1.57 bits per heavy atom. The molecule has 2 aromatic rings. The van der Waals surface area contributed by atoms with Gasteiger partial charge in [-0.25, -0.2) is 0 Å². The normalized spacial score (nSPS) is 14.6. The molecule has 0 radical (unpaired) electrons. The summed E-state index contributed by atoms with van der Waals surface area (Å²) in [5.74, 6) is -0.419. The quantitative estimate of drug-likeness (QED) is 0.866. The fraction of sp³-hybridized carbons (Fsp3) is 0.200. The van der Waals surface area contributed by atoms with Gasteiger partial charge in [-0.2, -0.15) is 0 Å². The van der Waals surface area contributed by atoms with Gasteiger partial charge in [-0.3, -0.25) is 0 Å². The number of ether oxygens (including phenoxy) is 1. The lowest BCUT2D eigenvalue weighted by Crippen LogP contribution is -2.26. The Morgan fingerprint density at radius 3 is 2.14 bits per heavy atom. The Balaban J connectivity index is 2.47. The molecule has 2 rings (SSSR count). The molecule has 2 aromatic carbocycles. The van der Waals surface area contributed by atoms with E-state index in [0.29, 0.717) is 5.56 Å². The van der Waals surface area contributed by atoms with Crippen molar-refractivity contribution in [2.75, 3.05) is 0 Å². The highest BCUT2D eigenvalue weighted by atomic mass is 79.9. The molecule has 2 nitrogen and oxygen atoms in total. The van der Waals surface area contributed by atoms with Crippen LogP contribution in [0.2, 0.25) is 0 Å². The number of halogens is 4. The number of aliphatic hydroxyl groups is 1. The molecule has 0 amide bonds. The fourth-order valence-corrected chi connectivity index (χ4v) is 2.28. The van der Waals surface area contributed by atoms with Crippen molar-refractivity contribution >= 4 is 15.9 Å². The van der Waals surface area contributed by atoms with E-state index in [1.54, 1.807) is 30.3 Å². The Hall–Kier alpha value is -1.53. The van der Waals surface area contributed by atoms with Crippen LogP contribution >= 0.6 is 15.9 Å². The molecule has 0 saturated carbocycles. The molecule has 1 atom stereocenters. The minimum Gasteiger partial charge on any atom is -0.405 e. The van der Waals surface area contributed by atoms with Gasteiger partial charge in [0.05, 0.1) is 0 Å². The standard InChI is InChI=1S/C15H12BrF3O2/c1-14(20,10-6-8-11(16)9-7-10)12-4-2-3-5-13(12)21-15(17,18)19/h2-9,20H,1H3. The molecule has 0 bridgehead atoms. The molecular weight excluding hydrogens is 349 g/mol. The molecule has 1 N–H and O–H groups in total. The molecule has 1 unspecified atom stereocenters. The molecule has 6 heteroatoms. The zero-order chi connectivity index (χ0) is 15.7. The lowest BCUT2D eigenvalue weighted by Gasteiger charge is -2.27. The molecule has 0 spiro atoms. The third kappa shape index (κ3) is 3.77. The zero-order valence-corrected chi connectivity index (χ0v) is 12.6. The number of rotatable bonds is 3. The van der Waals surface area contributed by atoms with Crippen LogP contribution in [0, 0.1) is 0 Å². The van der Waals surface area contributed by atoms with Crippen molar-refractivity contribution in [3.63, 3.8) is 0 Å². The van der Waals surface area contributed by atoms with Gasteiger partial charge in [0.25, 0.3) is 0 Å². The number of hydrogen-bond acceptors (Lipinski definition) is 2. The first-order valence-corrected chi connectivity index (χ1v) is 6.83. The second kappa shape index (κ2) is 5.69. The van der Waals surface area contributed by atoms with Crippen molar-refractivity contribution in [2.24, 2.45) is 0 Å². The second-order valence-electron chi connectivity index (χ2n) is 4.62. The van der Waals surface area contributed by atoms with Gasteiger partial charge in [0, 0.05) is 10.0 Å². The summed E-state index contributed by atoms with van der Waals surface area (Å²) in [4.78, 5) is 0. The summed E-state index contributed by atoms with van der Waals surface area (Å²) in [5, 5.41) is 10.7. The van der Waals surface area contributed by atoms with Crippen LogP contribution < -0.4 is 4.74 Å². The van der Waals surface area contributed by atoms with Crippen molar-refractivity contribution in [2.45, 2.75) is 18.9 Å². The Kier molecular flexibility index (Phi) is 4.30. The molecule has 0 fully saturated rings. The van der Waals surface area contributed by atoms with E-state index in [-0.39, 0.29) is 5.56 Å². The first kappa shape index (κ1) is 15.9. The fourth-order valence-electron chi connectivity index (χ4n) is 2.01. The van der Waals surface area contributed by atoms with Gasteiger partial charge in [0.2, 0.25) is 0 Å². The van der Waals surface area contributed by atoms with Crippen LogP contribution in [-0.2, 0) is 5.60 Å². The lowest BCUT2D eigenvalue weighted by molar-refractivity contribution is -0.275. The van der Waals surface area contributed by atoms with E-state index in [2.05, 4.69) is 20.7 Å². The minimum absolute atomic E-state index is 0.0460. The smallest absolute Gasteiger partial charge is 0.405 e. The predicted molar refractivity (Wildman–Crippen MR) is 75.9 cm³/mol. The highest BCUT2D eigenvalue weighted by Gasteiger charge is 2.36. The van der Waals surface area contributed by atoms with E-state index < -0.39 is 17.7 Å². The van der Waals surface area contributed by atoms with Gasteiger partial charge in [-0.05, 0) is 30.7 Å². The van der Waals surface area contributed by atoms with Crippen LogP contribution in [0.5, 0.6) is 5.75 Å². The summed E-state index contributed by atoms with van der Waals surface area (Å²) in [6, 6.07) is 12.2. The zero-order valence-electron chi connectivity index (χ0n) is 11.0. The Bertz CT molecular complexity index is 622. The van der Waals surface area contributed by atoms with E-state index >= 15 is 0 Å². The summed E-state index contributed by atoms with van der Waals surface area (Å²) >= 11 is 3.27. The number of para-hydroxylation sites is 1. The number of hydrogen-bond donors (Lipinski definition) is 1. The molecule has 0 aromatic heterocycles. The first-order valence-electron chi connectivity index (χ1n) is 6.04. The summed E-state index contributed by atoms with van der Waals surface area (Å²) in [5.41, 5.74) is -1.10. The van der Waals surface area contributed by atoms with Crippen molar-refractivity contribution in [1.82, 2.24) is 0 Å². The Morgan fingerprint density at radius 1 is 1.00 bits per heavy atom. The molecular formula is C15H12BrF3O2. The number of benzene rings is 2. The molecule has 0 heterocycles. The third-order valence-corrected chi connectivity index (χ3v) is 3.57. The third-order valence-electron chi connectivity index (χ3n) is 3.04. The molecule has 0 aliphatic carbocycles. The van der Waals surface area contributed by atoms with Crippen molar-refractivity contribution < 1.29 is 23.0 Å². The van der Waals surface area contributed by atoms with Crippen LogP contribution in [0.25, 0.3) is 0 Å². The van der Waals surface area contributed by atoms with Gasteiger partial charge < -0.3 is 9.84 Å². The van der Waals surface area contributed by atoms with Crippen LogP contribution in [0.3, 0.4) is 0 Å². The van der Waals surface area contributed by atoms with Crippen molar-refractivity contribution in [3.8, 4) is 5.75 Å². The molecule has 0 saturated heterocycles. The van der Waals surface area contributed by atoms with E-state index in [9.17, 15) is 18.3 Å². The summed E-state index contributed by atoms with van der Waals surface area (Å²) < 4.78 is 42.2. The van der Waals surface area contributed by atoms with Gasteiger partial charge >= 0.3 is 6.36 Å². The van der Waals surface area contributed by atoms with Crippen LogP contribution in [-0.4, -0.2) is 11.5 Å². The van der Waals surface area contributed by atoms with Gasteiger partial charge in [0.15, 0.2) is 0 Å². The molecule has 21 heavy (non-hydrogen) atoms. The molecule has 0 aliphatic heterocycles. The van der Waals surface area contributed by atoms with Gasteiger partial charge in [-0.1, -0.05) is 46.3 Å². The van der Waals surface area contributed by atoms with Crippen molar-refractivity contribution in [3.05, 3.63) is 64.1 Å². The molecule has 112 valence electrons. The van der Waals surface area contributed by atoms with E-state index in [4.69, 9.17) is 0 Å². The van der Waals surface area contributed by atoms with Crippen molar-refractivity contribution in [1.29, 1.82) is 0 Å². The van der Waals surface area contributed by atoms with Crippen LogP contribution in [0.4, 0.5) is 13.2 Å². The maximum atomic E-state index is 12.5. The molecule has 0 aliphatic rings. The summed E-state index contributed by atoms with van der Waals surface area (Å²) in [6.07, 6.45) is -4.81. The minimum atomic E-state index is -4.81. The lowest BCUT2D eigenvalue weighted by atomic mass is 9.88. The SMILES string of the molecule is CC(O)(c1ccc(Br)cc1)c1ccccc1OC(F)(F)F. The topological polar surface area (TPSA) is 29.5 Å². The van der Waals surface area contributed by atoms with E-state index in [1.807, 2.05) is 0 Å². The van der Waals surface area contributed by atoms with Crippen LogP contribution in [0.15, 0.2) is 53.0 Å². The number of alkyl halides is 3. The predicted octanol–water partition coefficient (Wildman–Crippen LogP) is 4.60. The van der Waals surface area contributed by atoms with E-state index in [0.717, 1.165) is 4.47 Å². The highest BCUT2D eigenvalue weighted by molar-refractivity contribution is 9.10. The highest BCUT2D eigenvalue weighted by Crippen LogP contribution is 2.37. The maximum Gasteiger partial charge on any atom is 0.573 e. The first-order chi connectivity index (χ1) is 9.70. The average Bonchev–Trinajstić information content (AvgIpc) is 2.37. The second-order valence-corrected chi connectivity index (χ2v) is 5.54. The summed E-state index contributed by atoms with van der Waals surface area (Å²) in [7, 11) is 0. The summed E-state index contributed by atoms with van der Waals surface area (Å²) in [6.45, 7) is 1.43. The Labute approximate surface area is 128 Å². The maximum absolute atomic E-state index is 12.5. The average molecular weight is 361 g/mol. The van der Waals surface area contributed by atoms with Gasteiger partial charge in [-0.15, -0.1) is 13.2 Å². The largest absolute Gasteiger partial charge is 0.573 e. The van der Waals surface area contributed by atoms with Crippen LogP contribution in [0.1, 0.15) is 18.1 Å². The van der Waals surface area contributed by atoms with E-state index in [1.165, 1.54) is 25.1 Å². The van der Waals surface area contributed by atoms with Gasteiger partial charge in [0.1, 0.15) is 11.4 Å². The monoisotopic (exact) mass is 360 g/mol.